The van der Waals surface area contributed by atoms with E-state index < -0.39 is 17.4 Å². The van der Waals surface area contributed by atoms with Crippen molar-refractivity contribution < 1.29 is 19.5 Å². The third-order valence-corrected chi connectivity index (χ3v) is 5.30. The summed E-state index contributed by atoms with van der Waals surface area (Å²) in [7, 11) is 0. The van der Waals surface area contributed by atoms with Gasteiger partial charge in [0, 0.05) is 29.8 Å². The minimum atomic E-state index is -1.31. The standard InChI is InChI=1S/C18H13N3O4S/c22-15(7-8-16(23)24)21-18(10-13(20-21)14-6-3-9-26-14)11-4-1-2-5-12(11)19-17(18)25/h1-9H,10H2,(H,19,25)(H,23,24)/b8-7+/t18-/m1/s1. The molecule has 2 N–H and O–H groups in total. The maximum Gasteiger partial charge on any atom is 0.328 e. The number of carbonyl (C=O) groups is 3. The van der Waals surface area contributed by atoms with E-state index in [1.807, 2.05) is 17.5 Å². The average Bonchev–Trinajstić information content (AvgIpc) is 3.33. The summed E-state index contributed by atoms with van der Waals surface area (Å²) in [5.74, 6) is -2.26. The van der Waals surface area contributed by atoms with Crippen molar-refractivity contribution in [3.63, 3.8) is 0 Å². The SMILES string of the molecule is O=C(O)/C=C/C(=O)N1N=C(c2cccs2)C[C@@]12C(=O)Nc1ccccc12. The number of hydrogen-bond acceptors (Lipinski definition) is 5. The van der Waals surface area contributed by atoms with Crippen LogP contribution in [0.15, 0.2) is 59.0 Å². The molecule has 0 radical (unpaired) electrons. The number of anilines is 1. The van der Waals surface area contributed by atoms with E-state index in [0.29, 0.717) is 17.0 Å². The van der Waals surface area contributed by atoms with Gasteiger partial charge in [-0.15, -0.1) is 11.3 Å². The second kappa shape index (κ2) is 5.92. The molecular formula is C18H13N3O4S. The molecule has 2 amide bonds. The number of nitrogens with one attached hydrogen (secondary N) is 1. The molecule has 26 heavy (non-hydrogen) atoms. The molecule has 1 spiro atoms. The molecule has 1 aromatic heterocycles. The molecule has 0 saturated carbocycles. The smallest absolute Gasteiger partial charge is 0.328 e. The zero-order chi connectivity index (χ0) is 18.3. The van der Waals surface area contributed by atoms with E-state index in [4.69, 9.17) is 5.11 Å². The first-order valence-corrected chi connectivity index (χ1v) is 8.68. The molecule has 0 saturated heterocycles. The fourth-order valence-corrected chi connectivity index (χ4v) is 3.98. The van der Waals surface area contributed by atoms with Crippen molar-refractivity contribution in [3.8, 4) is 0 Å². The van der Waals surface area contributed by atoms with Crippen LogP contribution in [0.2, 0.25) is 0 Å². The summed E-state index contributed by atoms with van der Waals surface area (Å²) >= 11 is 1.46. The van der Waals surface area contributed by atoms with Gasteiger partial charge in [-0.25, -0.2) is 9.80 Å². The lowest BCUT2D eigenvalue weighted by Crippen LogP contribution is -2.48. The minimum Gasteiger partial charge on any atom is -0.478 e. The molecule has 1 aromatic carbocycles. The number of hydrogen-bond donors (Lipinski definition) is 2. The lowest BCUT2D eigenvalue weighted by molar-refractivity contribution is -0.140. The Labute approximate surface area is 152 Å². The normalized spacial score (nSPS) is 21.2. The van der Waals surface area contributed by atoms with E-state index >= 15 is 0 Å². The van der Waals surface area contributed by atoms with Gasteiger partial charge in [0.2, 0.25) is 0 Å². The number of amides is 2. The molecule has 0 aliphatic carbocycles. The Morgan fingerprint density at radius 3 is 2.77 bits per heavy atom. The molecule has 4 rings (SSSR count). The van der Waals surface area contributed by atoms with Gasteiger partial charge >= 0.3 is 5.97 Å². The van der Waals surface area contributed by atoms with Crippen LogP contribution >= 0.6 is 11.3 Å². The molecule has 7 nitrogen and oxygen atoms in total. The van der Waals surface area contributed by atoms with Crippen LogP contribution in [-0.4, -0.2) is 33.6 Å². The maximum absolute atomic E-state index is 12.9. The van der Waals surface area contributed by atoms with Gasteiger partial charge in [-0.2, -0.15) is 5.10 Å². The van der Waals surface area contributed by atoms with E-state index in [9.17, 15) is 14.4 Å². The van der Waals surface area contributed by atoms with Gasteiger partial charge in [0.15, 0.2) is 5.54 Å². The molecule has 0 unspecified atom stereocenters. The van der Waals surface area contributed by atoms with E-state index in [-0.39, 0.29) is 12.3 Å². The largest absolute Gasteiger partial charge is 0.478 e. The van der Waals surface area contributed by atoms with Gasteiger partial charge < -0.3 is 10.4 Å². The van der Waals surface area contributed by atoms with E-state index in [1.54, 1.807) is 24.3 Å². The Morgan fingerprint density at radius 2 is 2.04 bits per heavy atom. The molecule has 2 aliphatic rings. The summed E-state index contributed by atoms with van der Waals surface area (Å²) in [6.07, 6.45) is 1.88. The van der Waals surface area contributed by atoms with Crippen molar-refractivity contribution in [2.45, 2.75) is 12.0 Å². The van der Waals surface area contributed by atoms with Gasteiger partial charge in [0.05, 0.1) is 10.6 Å². The van der Waals surface area contributed by atoms with Crippen LogP contribution in [0.3, 0.4) is 0 Å². The van der Waals surface area contributed by atoms with Crippen LogP contribution in [0, 0.1) is 0 Å². The van der Waals surface area contributed by atoms with Crippen LogP contribution in [0.4, 0.5) is 5.69 Å². The molecule has 0 bridgehead atoms. The van der Waals surface area contributed by atoms with E-state index in [0.717, 1.165) is 22.0 Å². The number of para-hydroxylation sites is 1. The zero-order valence-electron chi connectivity index (χ0n) is 13.4. The number of carboxylic acid groups (broad SMARTS) is 1. The Balaban J connectivity index is 1.84. The van der Waals surface area contributed by atoms with Crippen molar-refractivity contribution in [1.29, 1.82) is 0 Å². The van der Waals surface area contributed by atoms with Gasteiger partial charge in [-0.3, -0.25) is 9.59 Å². The summed E-state index contributed by atoms with van der Waals surface area (Å²) in [5.41, 5.74) is 0.581. The Hall–Kier alpha value is -3.26. The summed E-state index contributed by atoms with van der Waals surface area (Å²) in [6, 6.07) is 10.9. The van der Waals surface area contributed by atoms with E-state index in [1.165, 1.54) is 11.3 Å². The third kappa shape index (κ3) is 2.34. The number of fused-ring (bicyclic) bond motifs is 2. The fraction of sp³-hybridized carbons (Fsp3) is 0.111. The maximum atomic E-state index is 12.9. The number of carbonyl (C=O) groups excluding carboxylic acids is 2. The first-order chi connectivity index (χ1) is 12.5. The fourth-order valence-electron chi connectivity index (χ4n) is 3.27. The topological polar surface area (TPSA) is 99.1 Å². The Morgan fingerprint density at radius 1 is 1.23 bits per heavy atom. The second-order valence-corrected chi connectivity index (χ2v) is 6.83. The summed E-state index contributed by atoms with van der Waals surface area (Å²) in [4.78, 5) is 37.2. The molecule has 3 heterocycles. The highest BCUT2D eigenvalue weighted by Gasteiger charge is 2.57. The van der Waals surface area contributed by atoms with Crippen molar-refractivity contribution in [3.05, 3.63) is 64.4 Å². The molecule has 2 aromatic rings. The number of nitrogens with zero attached hydrogens (tertiary/aromatic N) is 2. The first kappa shape index (κ1) is 16.2. The van der Waals surface area contributed by atoms with Gasteiger partial charge in [-0.1, -0.05) is 24.3 Å². The van der Waals surface area contributed by atoms with Gasteiger partial charge in [-0.05, 0) is 17.5 Å². The molecule has 130 valence electrons. The van der Waals surface area contributed by atoms with Crippen LogP contribution in [0.1, 0.15) is 16.9 Å². The monoisotopic (exact) mass is 367 g/mol. The van der Waals surface area contributed by atoms with Crippen LogP contribution in [0.25, 0.3) is 0 Å². The number of rotatable bonds is 3. The number of benzene rings is 1. The molecule has 8 heteroatoms. The predicted octanol–water partition coefficient (Wildman–Crippen LogP) is 2.17. The summed E-state index contributed by atoms with van der Waals surface area (Å²) < 4.78 is 0. The predicted molar refractivity (Wildman–Crippen MR) is 95.8 cm³/mol. The minimum absolute atomic E-state index is 0.225. The number of thiophene rings is 1. The number of aliphatic carboxylic acids is 1. The Bertz CT molecular complexity index is 980. The third-order valence-electron chi connectivity index (χ3n) is 4.38. The average molecular weight is 367 g/mol. The summed E-state index contributed by atoms with van der Waals surface area (Å²) in [6.45, 7) is 0. The van der Waals surface area contributed by atoms with Crippen LogP contribution in [-0.2, 0) is 19.9 Å². The van der Waals surface area contributed by atoms with Crippen molar-refractivity contribution >= 4 is 40.5 Å². The second-order valence-electron chi connectivity index (χ2n) is 5.88. The number of hydrazone groups is 1. The van der Waals surface area contributed by atoms with Crippen molar-refractivity contribution in [1.82, 2.24) is 5.01 Å². The lowest BCUT2D eigenvalue weighted by atomic mass is 9.86. The molecule has 1 atom stereocenters. The Kier molecular flexibility index (Phi) is 3.69. The number of carboxylic acids is 1. The highest BCUT2D eigenvalue weighted by molar-refractivity contribution is 7.12. The highest BCUT2D eigenvalue weighted by atomic mass is 32.1. The first-order valence-electron chi connectivity index (χ1n) is 7.80. The molecular weight excluding hydrogens is 354 g/mol. The lowest BCUT2D eigenvalue weighted by Gasteiger charge is -2.29. The quantitative estimate of drug-likeness (QED) is 0.812. The van der Waals surface area contributed by atoms with Crippen molar-refractivity contribution in [2.24, 2.45) is 5.10 Å². The van der Waals surface area contributed by atoms with Gasteiger partial charge in [0.25, 0.3) is 11.8 Å². The summed E-state index contributed by atoms with van der Waals surface area (Å²) in [5, 5.41) is 19.0. The van der Waals surface area contributed by atoms with Crippen LogP contribution in [0.5, 0.6) is 0 Å². The van der Waals surface area contributed by atoms with Gasteiger partial charge in [0.1, 0.15) is 0 Å². The van der Waals surface area contributed by atoms with E-state index in [2.05, 4.69) is 10.4 Å². The molecule has 2 aliphatic heterocycles. The highest BCUT2D eigenvalue weighted by Crippen LogP contribution is 2.47. The van der Waals surface area contributed by atoms with Crippen LogP contribution < -0.4 is 5.32 Å². The van der Waals surface area contributed by atoms with Crippen molar-refractivity contribution in [2.75, 3.05) is 5.32 Å². The zero-order valence-corrected chi connectivity index (χ0v) is 14.2. The molecule has 0 fully saturated rings.